The molecule has 0 saturated carbocycles. The number of rotatable bonds is 4. The number of amides is 1. The van der Waals surface area contributed by atoms with Gasteiger partial charge in [-0.15, -0.1) is 11.3 Å². The molecule has 2 aromatic heterocycles. The van der Waals surface area contributed by atoms with E-state index in [4.69, 9.17) is 11.6 Å². The molecule has 0 aliphatic rings. The Morgan fingerprint density at radius 3 is 2.74 bits per heavy atom. The lowest BCUT2D eigenvalue weighted by Gasteiger charge is -2.22. The predicted molar refractivity (Wildman–Crippen MR) is 78.6 cm³/mol. The smallest absolute Gasteiger partial charge is 0.263 e. The van der Waals surface area contributed by atoms with Crippen LogP contribution in [-0.2, 0) is 0 Å². The van der Waals surface area contributed by atoms with Crippen molar-refractivity contribution in [1.82, 2.24) is 10.3 Å². The van der Waals surface area contributed by atoms with Gasteiger partial charge in [-0.2, -0.15) is 0 Å². The molecule has 2 rings (SSSR count). The van der Waals surface area contributed by atoms with Gasteiger partial charge in [-0.25, -0.2) is 0 Å². The van der Waals surface area contributed by atoms with E-state index in [-0.39, 0.29) is 17.9 Å². The van der Waals surface area contributed by atoms with Crippen molar-refractivity contribution in [3.63, 3.8) is 0 Å². The molecular weight excluding hydrogens is 280 g/mol. The average molecular weight is 295 g/mol. The Hall–Kier alpha value is -1.39. The van der Waals surface area contributed by atoms with Gasteiger partial charge < -0.3 is 5.32 Å². The summed E-state index contributed by atoms with van der Waals surface area (Å²) in [5, 5.41) is 5.33. The van der Waals surface area contributed by atoms with E-state index >= 15 is 0 Å². The number of nitrogens with zero attached hydrogens (tertiary/aromatic N) is 1. The van der Waals surface area contributed by atoms with Crippen LogP contribution < -0.4 is 5.32 Å². The van der Waals surface area contributed by atoms with Crippen molar-refractivity contribution >= 4 is 28.8 Å². The highest BCUT2D eigenvalue weighted by molar-refractivity contribution is 7.12. The molecule has 1 amide bonds. The van der Waals surface area contributed by atoms with Crippen LogP contribution in [0.15, 0.2) is 36.0 Å². The highest BCUT2D eigenvalue weighted by Crippen LogP contribution is 2.25. The fourth-order valence-electron chi connectivity index (χ4n) is 1.86. The maximum atomic E-state index is 12.2. The van der Waals surface area contributed by atoms with Gasteiger partial charge in [-0.05, 0) is 29.0 Å². The summed E-state index contributed by atoms with van der Waals surface area (Å²) < 4.78 is 0. The van der Waals surface area contributed by atoms with Crippen molar-refractivity contribution in [2.75, 3.05) is 0 Å². The number of thiophene rings is 1. The molecule has 0 aliphatic heterocycles. The first kappa shape index (κ1) is 14.0. The van der Waals surface area contributed by atoms with Gasteiger partial charge in [0.15, 0.2) is 0 Å². The van der Waals surface area contributed by atoms with Gasteiger partial charge in [0.05, 0.1) is 11.1 Å². The van der Waals surface area contributed by atoms with E-state index in [1.54, 1.807) is 18.5 Å². The van der Waals surface area contributed by atoms with Crippen LogP contribution in [0, 0.1) is 5.92 Å². The van der Waals surface area contributed by atoms with Crippen LogP contribution in [0.4, 0.5) is 0 Å². The summed E-state index contributed by atoms with van der Waals surface area (Å²) in [7, 11) is 0. The summed E-state index contributed by atoms with van der Waals surface area (Å²) in [6.45, 7) is 4.13. The fraction of sp³-hybridized carbons (Fsp3) is 0.286. The molecule has 0 aliphatic carbocycles. The zero-order chi connectivity index (χ0) is 13.8. The Morgan fingerprint density at radius 1 is 1.42 bits per heavy atom. The molecule has 0 spiro atoms. The van der Waals surface area contributed by atoms with Crippen molar-refractivity contribution in [2.24, 2.45) is 5.92 Å². The van der Waals surface area contributed by atoms with Crippen molar-refractivity contribution in [3.8, 4) is 0 Å². The molecule has 1 atom stereocenters. The van der Waals surface area contributed by atoms with E-state index < -0.39 is 0 Å². The number of pyridine rings is 1. The van der Waals surface area contributed by atoms with Crippen LogP contribution in [-0.4, -0.2) is 10.9 Å². The topological polar surface area (TPSA) is 42.0 Å². The number of hydrogen-bond donors (Lipinski definition) is 1. The van der Waals surface area contributed by atoms with Gasteiger partial charge >= 0.3 is 0 Å². The minimum atomic E-state index is -0.137. The predicted octanol–water partition coefficient (Wildman–Crippen LogP) is 3.92. The molecular formula is C14H15ClN2OS. The molecule has 2 heterocycles. The number of carbonyl (C=O) groups is 1. The Morgan fingerprint density at radius 2 is 2.21 bits per heavy atom. The van der Waals surface area contributed by atoms with Gasteiger partial charge in [0.25, 0.3) is 5.91 Å². The second-order valence-electron chi connectivity index (χ2n) is 4.58. The molecule has 19 heavy (non-hydrogen) atoms. The van der Waals surface area contributed by atoms with Gasteiger partial charge in [-0.1, -0.05) is 31.5 Å². The number of aromatic nitrogens is 1. The average Bonchev–Trinajstić information content (AvgIpc) is 2.82. The van der Waals surface area contributed by atoms with Crippen molar-refractivity contribution in [2.45, 2.75) is 19.9 Å². The highest BCUT2D eigenvalue weighted by atomic mass is 35.5. The normalized spacial score (nSPS) is 12.4. The van der Waals surface area contributed by atoms with Gasteiger partial charge in [0.1, 0.15) is 4.88 Å². The maximum absolute atomic E-state index is 12.2. The largest absolute Gasteiger partial charge is 0.344 e. The third-order valence-electron chi connectivity index (χ3n) is 2.82. The molecule has 1 N–H and O–H groups in total. The minimum absolute atomic E-state index is 0.0700. The molecule has 100 valence electrons. The summed E-state index contributed by atoms with van der Waals surface area (Å²) in [5.74, 6) is 0.134. The summed E-state index contributed by atoms with van der Waals surface area (Å²) in [4.78, 5) is 16.9. The lowest BCUT2D eigenvalue weighted by atomic mass is 9.97. The van der Waals surface area contributed by atoms with E-state index in [1.807, 2.05) is 17.5 Å². The lowest BCUT2D eigenvalue weighted by Crippen LogP contribution is -2.31. The lowest BCUT2D eigenvalue weighted by molar-refractivity contribution is 0.0930. The van der Waals surface area contributed by atoms with E-state index in [0.717, 1.165) is 5.56 Å². The molecule has 2 aromatic rings. The first-order valence-electron chi connectivity index (χ1n) is 6.03. The Balaban J connectivity index is 2.19. The molecule has 0 bridgehead atoms. The third-order valence-corrected chi connectivity index (χ3v) is 4.16. The standard InChI is InChI=1S/C14H15ClN2OS/c1-9(2)12(10-4-3-6-16-8-10)17-14(18)13-11(15)5-7-19-13/h3-9,12H,1-2H3,(H,17,18)/t12-/m1/s1. The van der Waals surface area contributed by atoms with Crippen LogP contribution in [0.2, 0.25) is 5.02 Å². The zero-order valence-corrected chi connectivity index (χ0v) is 12.3. The van der Waals surface area contributed by atoms with Gasteiger partial charge in [0, 0.05) is 12.4 Å². The van der Waals surface area contributed by atoms with Crippen molar-refractivity contribution in [3.05, 3.63) is 51.4 Å². The van der Waals surface area contributed by atoms with Crippen molar-refractivity contribution < 1.29 is 4.79 Å². The highest BCUT2D eigenvalue weighted by Gasteiger charge is 2.21. The molecule has 0 radical (unpaired) electrons. The van der Waals surface area contributed by atoms with E-state index in [9.17, 15) is 4.79 Å². The summed E-state index contributed by atoms with van der Waals surface area (Å²) in [6, 6.07) is 5.50. The maximum Gasteiger partial charge on any atom is 0.263 e. The molecule has 3 nitrogen and oxygen atoms in total. The van der Waals surface area contributed by atoms with E-state index in [2.05, 4.69) is 24.1 Å². The zero-order valence-electron chi connectivity index (χ0n) is 10.8. The van der Waals surface area contributed by atoms with Gasteiger partial charge in [-0.3, -0.25) is 9.78 Å². The fourth-order valence-corrected chi connectivity index (χ4v) is 2.90. The SMILES string of the molecule is CC(C)[C@@H](NC(=O)c1sccc1Cl)c1cccnc1. The van der Waals surface area contributed by atoms with Crippen molar-refractivity contribution in [1.29, 1.82) is 0 Å². The molecule has 0 fully saturated rings. The van der Waals surface area contributed by atoms with Crippen LogP contribution in [0.5, 0.6) is 0 Å². The Labute approximate surface area is 121 Å². The molecule has 0 aromatic carbocycles. The van der Waals surface area contributed by atoms with Gasteiger partial charge in [0.2, 0.25) is 0 Å². The van der Waals surface area contributed by atoms with Crippen LogP contribution in [0.1, 0.15) is 35.1 Å². The summed E-state index contributed by atoms with van der Waals surface area (Å²) in [5.41, 5.74) is 0.999. The molecule has 0 saturated heterocycles. The monoisotopic (exact) mass is 294 g/mol. The molecule has 0 unspecified atom stereocenters. The van der Waals surface area contributed by atoms with E-state index in [0.29, 0.717) is 9.90 Å². The van der Waals surface area contributed by atoms with Crippen LogP contribution >= 0.6 is 22.9 Å². The second-order valence-corrected chi connectivity index (χ2v) is 5.90. The number of carbonyl (C=O) groups excluding carboxylic acids is 1. The number of nitrogens with one attached hydrogen (secondary N) is 1. The first-order chi connectivity index (χ1) is 9.09. The minimum Gasteiger partial charge on any atom is -0.344 e. The summed E-state index contributed by atoms with van der Waals surface area (Å²) >= 11 is 7.33. The van der Waals surface area contributed by atoms with Crippen LogP contribution in [0.25, 0.3) is 0 Å². The third kappa shape index (κ3) is 3.33. The second kappa shape index (κ2) is 6.17. The van der Waals surface area contributed by atoms with E-state index in [1.165, 1.54) is 11.3 Å². The Bertz CT molecular complexity index is 554. The summed E-state index contributed by atoms with van der Waals surface area (Å²) in [6.07, 6.45) is 3.50. The number of halogens is 1. The van der Waals surface area contributed by atoms with Crippen LogP contribution in [0.3, 0.4) is 0 Å². The Kier molecular flexibility index (Phi) is 4.56. The molecule has 5 heteroatoms. The number of hydrogen-bond acceptors (Lipinski definition) is 3. The first-order valence-corrected chi connectivity index (χ1v) is 7.29. The quantitative estimate of drug-likeness (QED) is 0.928.